The summed E-state index contributed by atoms with van der Waals surface area (Å²) in [5.41, 5.74) is -6.29. The van der Waals surface area contributed by atoms with E-state index in [4.69, 9.17) is 20.4 Å². The standard InChI is InChI=1S/C16H18O17.2Ca.5H2O.4H/c17-6(12(25)33-11(24)5-16(31,14(28)29)3-8(20)21)1-9(22)32-10(23)4-15(30,13(26)27)2-7(18)19;;;;;;;;;;;/h6,17,30-31H,1-5H2,(H,18,19)(H,20,21)(H,26,27)(H,28,29);;;5*1H2;;;;. The molecular formula is C16H32Ca2O22. The molecule has 22 nitrogen and oxygen atoms in total. The van der Waals surface area contributed by atoms with Crippen molar-refractivity contribution in [3.8, 4) is 0 Å². The molecule has 0 aliphatic rings. The van der Waals surface area contributed by atoms with E-state index in [0.717, 1.165) is 0 Å². The summed E-state index contributed by atoms with van der Waals surface area (Å²) >= 11 is 0. The molecule has 0 radical (unpaired) electrons. The van der Waals surface area contributed by atoms with Crippen LogP contribution in [-0.2, 0) is 47.8 Å². The molecule has 0 aliphatic heterocycles. The average Bonchev–Trinajstić information content (AvgIpc) is 2.58. The first kappa shape index (κ1) is 58.1. The van der Waals surface area contributed by atoms with Gasteiger partial charge in [-0.3, -0.25) is 24.0 Å². The molecule has 0 fully saturated rings. The number of rotatable bonds is 13. The molecular weight excluding hydrogens is 624 g/mol. The maximum absolute atomic E-state index is 11.6. The van der Waals surface area contributed by atoms with Gasteiger partial charge in [0.15, 0.2) is 17.3 Å². The van der Waals surface area contributed by atoms with Crippen LogP contribution in [0.3, 0.4) is 0 Å². The predicted octanol–water partition coefficient (Wildman–Crippen LogP) is -9.72. The van der Waals surface area contributed by atoms with Gasteiger partial charge in [-0.2, -0.15) is 0 Å². The topological polar surface area (TPSA) is 454 Å². The molecule has 24 heteroatoms. The van der Waals surface area contributed by atoms with Gasteiger partial charge < -0.3 is 72.6 Å². The fourth-order valence-corrected chi connectivity index (χ4v) is 2.07. The summed E-state index contributed by atoms with van der Waals surface area (Å²) in [5, 5.41) is 63.5. The first-order valence-corrected chi connectivity index (χ1v) is 8.43. The van der Waals surface area contributed by atoms with E-state index >= 15 is 0 Å². The summed E-state index contributed by atoms with van der Waals surface area (Å²) < 4.78 is 8.01. The second-order valence-corrected chi connectivity index (χ2v) is 6.53. The molecule has 0 spiro atoms. The summed E-state index contributed by atoms with van der Waals surface area (Å²) in [5.74, 6) is -15.0. The Kier molecular flexibility index (Phi) is 36.4. The monoisotopic (exact) mass is 656 g/mol. The van der Waals surface area contributed by atoms with E-state index in [0.29, 0.717) is 0 Å². The Morgan fingerprint density at radius 3 is 1.12 bits per heavy atom. The van der Waals surface area contributed by atoms with E-state index in [1.165, 1.54) is 0 Å². The minimum absolute atomic E-state index is 0. The van der Waals surface area contributed by atoms with Gasteiger partial charge in [0.25, 0.3) is 0 Å². The molecule has 0 amide bonds. The fraction of sp³-hybridized carbons (Fsp3) is 0.500. The molecule has 0 saturated heterocycles. The number of esters is 4. The second-order valence-electron chi connectivity index (χ2n) is 6.53. The van der Waals surface area contributed by atoms with E-state index in [1.54, 1.807) is 0 Å². The third kappa shape index (κ3) is 21.2. The number of hydrogen-bond acceptors (Lipinski definition) is 13. The number of aliphatic hydroxyl groups is 3. The Bertz CT molecular complexity index is 875. The Labute approximate surface area is 281 Å². The predicted molar refractivity (Wildman–Crippen MR) is 127 cm³/mol. The van der Waals surface area contributed by atoms with Crippen LogP contribution in [0.25, 0.3) is 0 Å². The first-order valence-electron chi connectivity index (χ1n) is 8.43. The van der Waals surface area contributed by atoms with Gasteiger partial charge in [0, 0.05) is 0 Å². The molecule has 0 aliphatic carbocycles. The van der Waals surface area contributed by atoms with Gasteiger partial charge in [-0.05, 0) is 0 Å². The summed E-state index contributed by atoms with van der Waals surface area (Å²) in [7, 11) is 0. The molecule has 0 heterocycles. The molecule has 3 atom stereocenters. The van der Waals surface area contributed by atoms with Crippen molar-refractivity contribution < 1.29 is 111 Å². The molecule has 17 N–H and O–H groups in total. The van der Waals surface area contributed by atoms with Crippen LogP contribution in [0.5, 0.6) is 0 Å². The van der Waals surface area contributed by atoms with Gasteiger partial charge in [-0.15, -0.1) is 0 Å². The number of carboxylic acid groups (broad SMARTS) is 4. The molecule has 0 bridgehead atoms. The zero-order valence-electron chi connectivity index (χ0n) is 18.8. The van der Waals surface area contributed by atoms with Gasteiger partial charge in [-0.1, -0.05) is 0 Å². The van der Waals surface area contributed by atoms with Gasteiger partial charge >= 0.3 is 123 Å². The van der Waals surface area contributed by atoms with Crippen LogP contribution in [0.15, 0.2) is 0 Å². The number of carbonyl (C=O) groups is 8. The van der Waals surface area contributed by atoms with Gasteiger partial charge in [0.2, 0.25) is 0 Å². The summed E-state index contributed by atoms with van der Waals surface area (Å²) in [4.78, 5) is 89.2. The number of aliphatic hydroxyl groups excluding tert-OH is 1. The first-order chi connectivity index (χ1) is 14.9. The Morgan fingerprint density at radius 2 is 0.850 bits per heavy atom. The van der Waals surface area contributed by atoms with Crippen molar-refractivity contribution in [3.05, 3.63) is 0 Å². The van der Waals surface area contributed by atoms with Gasteiger partial charge in [0.1, 0.15) is 0 Å². The Balaban J connectivity index is -0.000000244. The van der Waals surface area contributed by atoms with Crippen LogP contribution >= 0.6 is 0 Å². The quantitative estimate of drug-likeness (QED) is 0.0549. The molecule has 40 heavy (non-hydrogen) atoms. The van der Waals surface area contributed by atoms with Crippen LogP contribution in [0.1, 0.15) is 32.1 Å². The van der Waals surface area contributed by atoms with E-state index in [-0.39, 0.29) is 103 Å². The van der Waals surface area contributed by atoms with Crippen molar-refractivity contribution in [2.75, 3.05) is 0 Å². The molecule has 0 aromatic carbocycles. The van der Waals surface area contributed by atoms with Crippen LogP contribution in [-0.4, -0.2) is 204 Å². The number of ether oxygens (including phenoxy) is 2. The van der Waals surface area contributed by atoms with Crippen LogP contribution in [0, 0.1) is 0 Å². The zero-order valence-corrected chi connectivity index (χ0v) is 18.8. The number of carboxylic acids is 4. The second kappa shape index (κ2) is 25.1. The summed E-state index contributed by atoms with van der Waals surface area (Å²) in [6.45, 7) is 0. The van der Waals surface area contributed by atoms with Crippen LogP contribution in [0.2, 0.25) is 0 Å². The normalized spacial score (nSPS) is 12.5. The molecule has 232 valence electrons. The summed E-state index contributed by atoms with van der Waals surface area (Å²) in [6.07, 6.45) is -9.80. The number of carbonyl (C=O) groups excluding carboxylic acids is 4. The number of aliphatic carboxylic acids is 4. The van der Waals surface area contributed by atoms with Crippen molar-refractivity contribution in [2.45, 2.75) is 49.4 Å². The molecule has 0 saturated carbocycles. The fourth-order valence-electron chi connectivity index (χ4n) is 2.07. The third-order valence-corrected chi connectivity index (χ3v) is 3.63. The molecule has 3 unspecified atom stereocenters. The maximum atomic E-state index is 11.6. The summed E-state index contributed by atoms with van der Waals surface area (Å²) in [6, 6.07) is 0. The molecule has 0 aromatic heterocycles. The Morgan fingerprint density at radius 1 is 0.550 bits per heavy atom. The van der Waals surface area contributed by atoms with Crippen LogP contribution in [0.4, 0.5) is 0 Å². The van der Waals surface area contributed by atoms with Crippen molar-refractivity contribution in [1.29, 1.82) is 0 Å². The van der Waals surface area contributed by atoms with Gasteiger partial charge in [-0.25, -0.2) is 14.4 Å². The zero-order chi connectivity index (χ0) is 26.1. The van der Waals surface area contributed by atoms with E-state index in [2.05, 4.69) is 9.47 Å². The van der Waals surface area contributed by atoms with Crippen molar-refractivity contribution in [3.63, 3.8) is 0 Å². The van der Waals surface area contributed by atoms with Crippen molar-refractivity contribution in [2.24, 2.45) is 0 Å². The minimum atomic E-state index is -3.16. The van der Waals surface area contributed by atoms with E-state index in [9.17, 15) is 53.7 Å². The number of hydrogen-bond donors (Lipinski definition) is 7. The molecule has 0 rings (SSSR count). The SMILES string of the molecule is O.O.O.O.O.O=C(O)CC(O)(CC(=O)OC(=O)CC(O)C(=O)OC(=O)CC(O)(CC(=O)O)C(=O)O)C(=O)O.[CaH2].[CaH2]. The van der Waals surface area contributed by atoms with Crippen molar-refractivity contribution in [1.82, 2.24) is 0 Å². The van der Waals surface area contributed by atoms with E-state index < -0.39 is 97.2 Å². The van der Waals surface area contributed by atoms with E-state index in [1.807, 2.05) is 0 Å². The average molecular weight is 657 g/mol. The molecule has 0 aromatic rings. The van der Waals surface area contributed by atoms with Crippen molar-refractivity contribution >= 4 is 123 Å². The Hall–Kier alpha value is -1.64. The van der Waals surface area contributed by atoms with Gasteiger partial charge in [0.05, 0.1) is 32.1 Å². The third-order valence-electron chi connectivity index (χ3n) is 3.63. The van der Waals surface area contributed by atoms with Crippen LogP contribution < -0.4 is 0 Å².